The summed E-state index contributed by atoms with van der Waals surface area (Å²) in [7, 11) is 1.59. The number of aliphatic hydroxyl groups excluding tert-OH is 4. The van der Waals surface area contributed by atoms with Crippen LogP contribution in [0.3, 0.4) is 0 Å². The Labute approximate surface area is 278 Å². The highest BCUT2D eigenvalue weighted by atomic mass is 16.7. The molecule has 0 radical (unpaired) electrons. The third kappa shape index (κ3) is 8.53. The number of benzene rings is 1. The molecule has 2 saturated heterocycles. The van der Waals surface area contributed by atoms with Crippen LogP contribution in [-0.2, 0) is 19.0 Å². The van der Waals surface area contributed by atoms with Crippen molar-refractivity contribution in [1.29, 1.82) is 0 Å². The fourth-order valence-electron chi connectivity index (χ4n) is 7.40. The molecule has 15 atom stereocenters. The van der Waals surface area contributed by atoms with Gasteiger partial charge in [-0.05, 0) is 65.0 Å². The van der Waals surface area contributed by atoms with Crippen LogP contribution in [0.1, 0.15) is 85.0 Å². The molecule has 0 saturated carbocycles. The number of esters is 1. The van der Waals surface area contributed by atoms with E-state index >= 15 is 0 Å². The second-order valence-electron chi connectivity index (χ2n) is 14.5. The van der Waals surface area contributed by atoms with Crippen LogP contribution in [0.2, 0.25) is 0 Å². The maximum absolute atomic E-state index is 13.3. The summed E-state index contributed by atoms with van der Waals surface area (Å²) in [5.41, 5.74) is -3.25. The number of likely N-dealkylation sites (N-methyl/N-ethyl adjacent to an activating group) is 1. The van der Waals surface area contributed by atoms with Crippen LogP contribution in [0.4, 0.5) is 0 Å². The average molecular weight is 668 g/mol. The van der Waals surface area contributed by atoms with Gasteiger partial charge >= 0.3 is 5.97 Å². The normalized spacial score (nSPS) is 44.2. The van der Waals surface area contributed by atoms with E-state index in [1.165, 1.54) is 25.7 Å². The Bertz CT molecular complexity index is 1180. The van der Waals surface area contributed by atoms with E-state index in [0.717, 1.165) is 0 Å². The molecule has 47 heavy (non-hydrogen) atoms. The molecule has 2 fully saturated rings. The number of carbonyl (C=O) groups excluding carboxylic acids is 2. The van der Waals surface area contributed by atoms with Crippen LogP contribution in [-0.4, -0.2) is 121 Å². The Morgan fingerprint density at radius 1 is 0.957 bits per heavy atom. The molecule has 0 spiro atoms. The lowest BCUT2D eigenvalue weighted by Gasteiger charge is -2.47. The van der Waals surface area contributed by atoms with Crippen LogP contribution in [0.25, 0.3) is 0 Å². The van der Waals surface area contributed by atoms with E-state index in [1.807, 2.05) is 0 Å². The van der Waals surface area contributed by atoms with Crippen molar-refractivity contribution in [2.24, 2.45) is 23.7 Å². The second kappa shape index (κ2) is 15.6. The minimum absolute atomic E-state index is 0.0840. The van der Waals surface area contributed by atoms with Crippen LogP contribution in [0.5, 0.6) is 0 Å². The van der Waals surface area contributed by atoms with Gasteiger partial charge in [0.25, 0.3) is 5.91 Å². The number of cyclic esters (lactones) is 1. The molecule has 268 valence electrons. The van der Waals surface area contributed by atoms with E-state index in [9.17, 15) is 40.2 Å². The summed E-state index contributed by atoms with van der Waals surface area (Å²) < 4.78 is 18.1. The molecule has 12 heteroatoms. The van der Waals surface area contributed by atoms with Gasteiger partial charge in [-0.25, -0.2) is 0 Å². The summed E-state index contributed by atoms with van der Waals surface area (Å²) in [5, 5.41) is 68.9. The molecule has 3 rings (SSSR count). The number of carbonyl (C=O) groups is 2. The van der Waals surface area contributed by atoms with Gasteiger partial charge in [0.05, 0.1) is 48.1 Å². The topological polar surface area (TPSA) is 186 Å². The summed E-state index contributed by atoms with van der Waals surface area (Å²) in [4.78, 5) is 28.1. The molecule has 12 nitrogen and oxygen atoms in total. The maximum atomic E-state index is 13.3. The molecule has 2 heterocycles. The van der Waals surface area contributed by atoms with E-state index < -0.39 is 95.9 Å². The van der Waals surface area contributed by atoms with Crippen molar-refractivity contribution < 1.29 is 54.4 Å². The van der Waals surface area contributed by atoms with Gasteiger partial charge in [-0.1, -0.05) is 45.9 Å². The van der Waals surface area contributed by atoms with E-state index in [1.54, 1.807) is 72.0 Å². The zero-order valence-electron chi connectivity index (χ0n) is 29.2. The van der Waals surface area contributed by atoms with Gasteiger partial charge in [0.15, 0.2) is 6.29 Å². The molecular formula is C35H57NO11. The largest absolute Gasteiger partial charge is 0.459 e. The molecule has 1 aromatic rings. The van der Waals surface area contributed by atoms with E-state index in [-0.39, 0.29) is 18.7 Å². The Kier molecular flexibility index (Phi) is 13.0. The van der Waals surface area contributed by atoms with Gasteiger partial charge in [-0.2, -0.15) is 0 Å². The van der Waals surface area contributed by atoms with Gasteiger partial charge in [0, 0.05) is 24.4 Å². The summed E-state index contributed by atoms with van der Waals surface area (Å²) in [6.45, 7) is 12.6. The van der Waals surface area contributed by atoms with E-state index in [2.05, 4.69) is 0 Å². The van der Waals surface area contributed by atoms with Gasteiger partial charge in [-0.3, -0.25) is 9.59 Å². The van der Waals surface area contributed by atoms with Gasteiger partial charge in [-0.15, -0.1) is 0 Å². The Morgan fingerprint density at radius 3 is 2.13 bits per heavy atom. The second-order valence-corrected chi connectivity index (χ2v) is 14.5. The van der Waals surface area contributed by atoms with Crippen molar-refractivity contribution in [2.75, 3.05) is 7.05 Å². The SMILES string of the molecule is CC[C@H]1OC(=O)[C@H](C)[C@@H](O)[C@H](C)[C@@H](O[C@@H]2O[C@H](C)C[C@H](N(C)C(=O)c3ccccc3)[C@H]2O)[C@](C)(O)C[C@@H](C)[C@H](O)[C@H](C)[C@@H](O)[C@]1(C)O. The molecular weight excluding hydrogens is 610 g/mol. The molecule has 2 aliphatic rings. The average Bonchev–Trinajstić information content (AvgIpc) is 3.03. The lowest BCUT2D eigenvalue weighted by Crippen LogP contribution is -2.61. The number of hydrogen-bond donors (Lipinski definition) is 6. The summed E-state index contributed by atoms with van der Waals surface area (Å²) in [5.74, 6) is -4.76. The van der Waals surface area contributed by atoms with Crippen molar-refractivity contribution in [3.63, 3.8) is 0 Å². The fraction of sp³-hybridized carbons (Fsp3) is 0.771. The molecule has 0 aromatic heterocycles. The first-order chi connectivity index (χ1) is 21.8. The maximum Gasteiger partial charge on any atom is 0.311 e. The molecule has 0 aliphatic carbocycles. The predicted molar refractivity (Wildman–Crippen MR) is 173 cm³/mol. The van der Waals surface area contributed by atoms with Crippen LogP contribution < -0.4 is 0 Å². The molecule has 0 unspecified atom stereocenters. The van der Waals surface area contributed by atoms with Crippen molar-refractivity contribution in [3.05, 3.63) is 35.9 Å². The minimum atomic E-state index is -1.92. The smallest absolute Gasteiger partial charge is 0.311 e. The van der Waals surface area contributed by atoms with Crippen molar-refractivity contribution in [1.82, 2.24) is 4.90 Å². The monoisotopic (exact) mass is 667 g/mol. The number of rotatable bonds is 5. The molecule has 2 aliphatic heterocycles. The van der Waals surface area contributed by atoms with Crippen LogP contribution in [0.15, 0.2) is 30.3 Å². The lowest BCUT2D eigenvalue weighted by molar-refractivity contribution is -0.299. The third-order valence-corrected chi connectivity index (χ3v) is 10.5. The van der Waals surface area contributed by atoms with Gasteiger partial charge in [0.2, 0.25) is 0 Å². The molecule has 0 bridgehead atoms. The highest BCUT2D eigenvalue weighted by molar-refractivity contribution is 5.94. The lowest BCUT2D eigenvalue weighted by atomic mass is 9.73. The molecule has 1 aromatic carbocycles. The number of ether oxygens (including phenoxy) is 3. The zero-order valence-corrected chi connectivity index (χ0v) is 29.2. The Morgan fingerprint density at radius 2 is 1.55 bits per heavy atom. The standard InChI is InChI=1S/C35H57NO11/c1-10-25-35(8,44)29(40)20(4)26(37)18(2)17-34(7,43)30(21(5)27(38)22(6)32(42)46-25)47-33-28(39)24(16-19(3)45-33)36(9)31(41)23-14-12-11-13-15-23/h11-15,18-22,24-30,33,37-40,43-44H,10,16-17H2,1-9H3/t18-,19-,20+,21+,22-,24+,25-,26+,27+,28-,29-,30-,33+,34-,35-/m1/s1. The zero-order chi connectivity index (χ0) is 35.6. The van der Waals surface area contributed by atoms with E-state index in [0.29, 0.717) is 12.0 Å². The summed E-state index contributed by atoms with van der Waals surface area (Å²) in [6, 6.07) is 7.95. The van der Waals surface area contributed by atoms with Crippen molar-refractivity contribution in [2.45, 2.75) is 141 Å². The number of aliphatic hydroxyl groups is 6. The third-order valence-electron chi connectivity index (χ3n) is 10.5. The van der Waals surface area contributed by atoms with Gasteiger partial charge < -0.3 is 49.7 Å². The molecule has 1 amide bonds. The van der Waals surface area contributed by atoms with Crippen molar-refractivity contribution in [3.8, 4) is 0 Å². The predicted octanol–water partition coefficient (Wildman–Crippen LogP) is 1.86. The molecule has 6 N–H and O–H groups in total. The highest BCUT2D eigenvalue weighted by Crippen LogP contribution is 2.38. The summed E-state index contributed by atoms with van der Waals surface area (Å²) in [6.07, 6.45) is -9.28. The van der Waals surface area contributed by atoms with E-state index in [4.69, 9.17) is 14.2 Å². The first-order valence-electron chi connectivity index (χ1n) is 16.8. The van der Waals surface area contributed by atoms with Crippen molar-refractivity contribution >= 4 is 11.9 Å². The van der Waals surface area contributed by atoms with Crippen LogP contribution in [0, 0.1) is 23.7 Å². The Hall–Kier alpha value is -2.16. The highest BCUT2D eigenvalue weighted by Gasteiger charge is 2.51. The quantitative estimate of drug-likeness (QED) is 0.252. The Balaban J connectivity index is 1.99. The fourth-order valence-corrected chi connectivity index (χ4v) is 7.40. The minimum Gasteiger partial charge on any atom is -0.459 e. The number of amides is 1. The van der Waals surface area contributed by atoms with Crippen LogP contribution >= 0.6 is 0 Å². The number of nitrogens with zero attached hydrogens (tertiary/aromatic N) is 1. The first kappa shape index (κ1) is 39.3. The first-order valence-corrected chi connectivity index (χ1v) is 16.8. The summed E-state index contributed by atoms with van der Waals surface area (Å²) >= 11 is 0. The van der Waals surface area contributed by atoms with Gasteiger partial charge in [0.1, 0.15) is 17.8 Å². The number of hydrogen-bond acceptors (Lipinski definition) is 11.